The normalized spacial score (nSPS) is 11.5. The summed E-state index contributed by atoms with van der Waals surface area (Å²) < 4.78 is 5.24. The van der Waals surface area contributed by atoms with Crippen molar-refractivity contribution in [3.63, 3.8) is 0 Å². The largest absolute Gasteiger partial charge is 0.309 e. The minimum Gasteiger partial charge on any atom is -0.309 e. The highest BCUT2D eigenvalue weighted by Crippen LogP contribution is 2.48. The molecule has 0 saturated carbocycles. The Labute approximate surface area is 340 Å². The smallest absolute Gasteiger partial charge is 0.0640 e. The van der Waals surface area contributed by atoms with Crippen molar-refractivity contribution in [3.05, 3.63) is 212 Å². The van der Waals surface area contributed by atoms with Gasteiger partial charge in [0.15, 0.2) is 0 Å². The second kappa shape index (κ2) is 14.1. The Bertz CT molecular complexity index is 3210. The number of benzene rings is 9. The molecule has 0 radical (unpaired) electrons. The Morgan fingerprint density at radius 2 is 0.667 bits per heavy atom. The van der Waals surface area contributed by atoms with Gasteiger partial charge in [-0.3, -0.25) is 0 Å². The van der Waals surface area contributed by atoms with Crippen molar-refractivity contribution in [2.45, 2.75) is 0 Å². The lowest BCUT2D eigenvalue weighted by Gasteiger charge is -2.26. The average Bonchev–Trinajstić information content (AvgIpc) is 3.87. The van der Waals surface area contributed by atoms with Gasteiger partial charge in [-0.1, -0.05) is 176 Å². The predicted molar refractivity (Wildman–Crippen MR) is 249 cm³/mol. The van der Waals surface area contributed by atoms with Crippen LogP contribution in [0.25, 0.3) is 84.9 Å². The van der Waals surface area contributed by atoms with E-state index in [0.717, 1.165) is 11.4 Å². The number of hydrogen-bond acceptors (Lipinski definition) is 3. The second-order valence-electron chi connectivity index (χ2n) is 14.4. The van der Waals surface area contributed by atoms with E-state index < -0.39 is 0 Å². The molecule has 0 bridgehead atoms. The summed E-state index contributed by atoms with van der Waals surface area (Å²) in [6.45, 7) is 0. The third-order valence-corrected chi connectivity index (χ3v) is 13.6. The zero-order valence-corrected chi connectivity index (χ0v) is 32.6. The van der Waals surface area contributed by atoms with E-state index in [-0.39, 0.29) is 0 Å². The maximum Gasteiger partial charge on any atom is 0.0640 e. The molecule has 0 unspecified atom stereocenters. The topological polar surface area (TPSA) is 3.24 Å². The van der Waals surface area contributed by atoms with E-state index in [1.54, 1.807) is 0 Å². The van der Waals surface area contributed by atoms with Gasteiger partial charge < -0.3 is 4.90 Å². The first kappa shape index (κ1) is 33.5. The van der Waals surface area contributed by atoms with Crippen molar-refractivity contribution in [1.29, 1.82) is 0 Å². The summed E-state index contributed by atoms with van der Waals surface area (Å²) in [6.07, 6.45) is 0. The average molecular weight is 762 g/mol. The van der Waals surface area contributed by atoms with Crippen LogP contribution in [0.4, 0.5) is 17.1 Å². The van der Waals surface area contributed by atoms with Gasteiger partial charge in [0.1, 0.15) is 0 Å². The van der Waals surface area contributed by atoms with Crippen molar-refractivity contribution >= 4 is 80.1 Å². The van der Waals surface area contributed by atoms with Gasteiger partial charge in [-0.15, -0.1) is 22.7 Å². The lowest BCUT2D eigenvalue weighted by Crippen LogP contribution is -2.10. The Morgan fingerprint density at radius 1 is 0.263 bits per heavy atom. The van der Waals surface area contributed by atoms with E-state index >= 15 is 0 Å². The van der Waals surface area contributed by atoms with Gasteiger partial charge in [0.25, 0.3) is 0 Å². The number of thiophene rings is 2. The monoisotopic (exact) mass is 761 g/mol. The Kier molecular flexibility index (Phi) is 8.28. The summed E-state index contributed by atoms with van der Waals surface area (Å²) in [5.41, 5.74) is 13.3. The fraction of sp³-hybridized carbons (Fsp3) is 0. The molecular weight excluding hydrogens is 727 g/mol. The van der Waals surface area contributed by atoms with Crippen LogP contribution in [0.1, 0.15) is 0 Å². The molecule has 11 rings (SSSR count). The summed E-state index contributed by atoms with van der Waals surface area (Å²) in [5, 5.41) is 5.21. The lowest BCUT2D eigenvalue weighted by atomic mass is 9.94. The summed E-state index contributed by atoms with van der Waals surface area (Å²) in [7, 11) is 0. The van der Waals surface area contributed by atoms with Gasteiger partial charge in [-0.05, 0) is 80.9 Å². The molecule has 0 N–H and O–H groups in total. The molecule has 0 amide bonds. The minimum absolute atomic E-state index is 1.11. The molecule has 11 aromatic rings. The number of nitrogens with zero attached hydrogens (tertiary/aromatic N) is 1. The Hall–Kier alpha value is -6.78. The molecule has 0 aliphatic heterocycles. The van der Waals surface area contributed by atoms with Crippen molar-refractivity contribution in [2.24, 2.45) is 0 Å². The van der Waals surface area contributed by atoms with Gasteiger partial charge in [-0.2, -0.15) is 0 Å². The first-order valence-electron chi connectivity index (χ1n) is 19.3. The van der Waals surface area contributed by atoms with Crippen LogP contribution in [0.15, 0.2) is 212 Å². The van der Waals surface area contributed by atoms with Crippen LogP contribution in [-0.4, -0.2) is 0 Å². The standard InChI is InChI=1S/C54H35NS2/c1-3-14-36(15-4-1)42-18-7-8-19-43(42)38-28-32-40(33-29-38)55(41-34-30-39(31-35-41)45-22-11-23-47-46-20-9-10-27-51(46)56-52(45)47)50-26-13-25-49-48-24-12-21-44(53(48)57-54(49)50)37-16-5-2-6-17-37/h1-35H. The maximum absolute atomic E-state index is 2.44. The van der Waals surface area contributed by atoms with Crippen LogP contribution >= 0.6 is 22.7 Å². The molecule has 1 nitrogen and oxygen atoms in total. The predicted octanol–water partition coefficient (Wildman–Crippen LogP) is 16.6. The Morgan fingerprint density at radius 3 is 1.28 bits per heavy atom. The molecule has 0 saturated heterocycles. The number of rotatable bonds is 7. The number of fused-ring (bicyclic) bond motifs is 6. The maximum atomic E-state index is 2.44. The van der Waals surface area contributed by atoms with E-state index in [0.29, 0.717) is 0 Å². The second-order valence-corrected chi connectivity index (χ2v) is 16.5. The van der Waals surface area contributed by atoms with Gasteiger partial charge >= 0.3 is 0 Å². The number of hydrogen-bond donors (Lipinski definition) is 0. The fourth-order valence-electron chi connectivity index (χ4n) is 8.41. The van der Waals surface area contributed by atoms with E-state index in [4.69, 9.17) is 0 Å². The molecule has 57 heavy (non-hydrogen) atoms. The van der Waals surface area contributed by atoms with Crippen molar-refractivity contribution in [2.75, 3.05) is 4.90 Å². The fourth-order valence-corrected chi connectivity index (χ4v) is 11.0. The van der Waals surface area contributed by atoms with Crippen LogP contribution in [0, 0.1) is 0 Å². The highest BCUT2D eigenvalue weighted by Gasteiger charge is 2.20. The summed E-state index contributed by atoms with van der Waals surface area (Å²) in [5.74, 6) is 0. The third-order valence-electron chi connectivity index (χ3n) is 11.1. The van der Waals surface area contributed by atoms with Crippen molar-refractivity contribution in [3.8, 4) is 44.5 Å². The SMILES string of the molecule is c1ccc(-c2ccccc2-c2ccc(N(c3ccc(-c4cccc5c4sc4ccccc45)cc3)c3cccc4c3sc3c(-c5ccccc5)cccc34)cc2)cc1. The first-order chi connectivity index (χ1) is 28.3. The Balaban J connectivity index is 1.07. The van der Waals surface area contributed by atoms with Gasteiger partial charge in [0, 0.05) is 47.0 Å². The third kappa shape index (κ3) is 5.83. The van der Waals surface area contributed by atoms with Crippen LogP contribution < -0.4 is 4.90 Å². The van der Waals surface area contributed by atoms with Crippen LogP contribution in [0.5, 0.6) is 0 Å². The molecule has 0 fully saturated rings. The lowest BCUT2D eigenvalue weighted by molar-refractivity contribution is 1.30. The molecule has 0 aliphatic rings. The molecule has 2 aromatic heterocycles. The van der Waals surface area contributed by atoms with Gasteiger partial charge in [0.05, 0.1) is 10.4 Å². The molecular formula is C54H35NS2. The minimum atomic E-state index is 1.11. The quantitative estimate of drug-likeness (QED) is 0.156. The molecule has 268 valence electrons. The highest BCUT2D eigenvalue weighted by molar-refractivity contribution is 7.27. The molecule has 0 spiro atoms. The van der Waals surface area contributed by atoms with Gasteiger partial charge in [0.2, 0.25) is 0 Å². The van der Waals surface area contributed by atoms with E-state index in [2.05, 4.69) is 217 Å². The highest BCUT2D eigenvalue weighted by atomic mass is 32.1. The summed E-state index contributed by atoms with van der Waals surface area (Å²) in [6, 6.07) is 77.4. The molecule has 2 heterocycles. The van der Waals surface area contributed by atoms with Gasteiger partial charge in [-0.25, -0.2) is 0 Å². The van der Waals surface area contributed by atoms with Crippen molar-refractivity contribution in [1.82, 2.24) is 0 Å². The van der Waals surface area contributed by atoms with Crippen molar-refractivity contribution < 1.29 is 0 Å². The van der Waals surface area contributed by atoms with Crippen LogP contribution in [-0.2, 0) is 0 Å². The zero-order chi connectivity index (χ0) is 37.7. The van der Waals surface area contributed by atoms with Crippen LogP contribution in [0.2, 0.25) is 0 Å². The first-order valence-corrected chi connectivity index (χ1v) is 21.0. The number of anilines is 3. The van der Waals surface area contributed by atoms with E-state index in [9.17, 15) is 0 Å². The summed E-state index contributed by atoms with van der Waals surface area (Å²) in [4.78, 5) is 2.44. The molecule has 3 heteroatoms. The van der Waals surface area contributed by atoms with E-state index in [1.807, 2.05) is 22.7 Å². The molecule has 9 aromatic carbocycles. The zero-order valence-electron chi connectivity index (χ0n) is 31.0. The van der Waals surface area contributed by atoms with E-state index in [1.165, 1.54) is 90.5 Å². The molecule has 0 atom stereocenters. The van der Waals surface area contributed by atoms with Crippen LogP contribution in [0.3, 0.4) is 0 Å². The molecule has 0 aliphatic carbocycles. The summed E-state index contributed by atoms with van der Waals surface area (Å²) >= 11 is 3.77.